The lowest BCUT2D eigenvalue weighted by atomic mass is 9.93. The van der Waals surface area contributed by atoms with Crippen LogP contribution in [0.4, 0.5) is 0 Å². The zero-order valence-electron chi connectivity index (χ0n) is 16.7. The highest BCUT2D eigenvalue weighted by Crippen LogP contribution is 2.21. The molecule has 0 radical (unpaired) electrons. The summed E-state index contributed by atoms with van der Waals surface area (Å²) in [6.45, 7) is 1.82. The second-order valence-corrected chi connectivity index (χ2v) is 8.02. The van der Waals surface area contributed by atoms with Crippen molar-refractivity contribution in [3.8, 4) is 0 Å². The van der Waals surface area contributed by atoms with Crippen LogP contribution in [-0.2, 0) is 24.8 Å². The molecule has 1 saturated heterocycles. The second-order valence-electron chi connectivity index (χ2n) is 7.59. The smallest absolute Gasteiger partial charge is 0.276 e. The number of hydrogen-bond acceptors (Lipinski definition) is 5. The Balaban J connectivity index is 1.58. The van der Waals surface area contributed by atoms with E-state index in [1.807, 2.05) is 18.2 Å². The summed E-state index contributed by atoms with van der Waals surface area (Å²) >= 11 is 5.88. The Morgan fingerprint density at radius 2 is 1.97 bits per heavy atom. The van der Waals surface area contributed by atoms with E-state index in [9.17, 15) is 9.59 Å². The zero-order valence-corrected chi connectivity index (χ0v) is 17.5. The molecular weight excluding hydrogens is 404 g/mol. The predicted octanol–water partition coefficient (Wildman–Crippen LogP) is 2.88. The largest absolute Gasteiger partial charge is 0.381 e. The monoisotopic (exact) mass is 426 g/mol. The first-order chi connectivity index (χ1) is 14.5. The lowest BCUT2D eigenvalue weighted by Gasteiger charge is -2.21. The molecule has 1 N–H and O–H groups in total. The molecule has 1 fully saturated rings. The third-order valence-corrected chi connectivity index (χ3v) is 5.64. The topological polar surface area (TPSA) is 86.1 Å². The molecule has 2 aromatic heterocycles. The van der Waals surface area contributed by atoms with Gasteiger partial charge >= 0.3 is 0 Å². The summed E-state index contributed by atoms with van der Waals surface area (Å²) in [5.74, 6) is 0.00752. The Bertz CT molecular complexity index is 1120. The third-order valence-electron chi connectivity index (χ3n) is 5.39. The highest BCUT2D eigenvalue weighted by molar-refractivity contribution is 6.30. The average Bonchev–Trinajstić information content (AvgIpc) is 2.76. The van der Waals surface area contributed by atoms with Crippen molar-refractivity contribution in [1.82, 2.24) is 20.1 Å². The van der Waals surface area contributed by atoms with E-state index < -0.39 is 11.3 Å². The molecule has 156 valence electrons. The number of hydrogen-bond donors (Lipinski definition) is 1. The molecule has 3 aromatic rings. The fraction of sp³-hybridized carbons (Fsp3) is 0.364. The van der Waals surface area contributed by atoms with E-state index >= 15 is 0 Å². The molecule has 0 saturated carbocycles. The standard InChI is InChI=1S/C22H23ClN4O3/c1-27-21-18(11-16(13-24-21)10-14-6-8-30-9-7-14)20(28)19(26-27)22(29)25-12-15-2-4-17(23)5-3-15/h2-5,11,13-14H,6-10,12H2,1H3,(H,25,29). The summed E-state index contributed by atoms with van der Waals surface area (Å²) in [6, 6.07) is 8.99. The van der Waals surface area contributed by atoms with Gasteiger partial charge in [-0.25, -0.2) is 9.67 Å². The van der Waals surface area contributed by atoms with Gasteiger partial charge in [0, 0.05) is 38.0 Å². The van der Waals surface area contributed by atoms with Crippen molar-refractivity contribution in [1.29, 1.82) is 0 Å². The van der Waals surface area contributed by atoms with Crippen molar-refractivity contribution in [3.63, 3.8) is 0 Å². The molecule has 4 rings (SSSR count). The molecule has 0 aliphatic carbocycles. The zero-order chi connectivity index (χ0) is 21.1. The fourth-order valence-corrected chi connectivity index (χ4v) is 3.83. The normalized spacial score (nSPS) is 14.7. The molecule has 1 aliphatic rings. The molecule has 0 atom stereocenters. The van der Waals surface area contributed by atoms with E-state index in [-0.39, 0.29) is 12.2 Å². The third kappa shape index (κ3) is 4.52. The van der Waals surface area contributed by atoms with Gasteiger partial charge in [0.1, 0.15) is 0 Å². The molecule has 7 nitrogen and oxygen atoms in total. The Morgan fingerprint density at radius 1 is 1.23 bits per heavy atom. The Hall–Kier alpha value is -2.77. The van der Waals surface area contributed by atoms with Crippen LogP contribution in [0.1, 0.15) is 34.5 Å². The summed E-state index contributed by atoms with van der Waals surface area (Å²) < 4.78 is 6.90. The number of carbonyl (C=O) groups is 1. The van der Waals surface area contributed by atoms with Gasteiger partial charge in [-0.1, -0.05) is 23.7 Å². The summed E-state index contributed by atoms with van der Waals surface area (Å²) in [7, 11) is 1.68. The van der Waals surface area contributed by atoms with E-state index in [1.54, 1.807) is 25.4 Å². The number of halogens is 1. The molecule has 1 aliphatic heterocycles. The first-order valence-electron chi connectivity index (χ1n) is 9.97. The van der Waals surface area contributed by atoms with Crippen molar-refractivity contribution < 1.29 is 9.53 Å². The summed E-state index contributed by atoms with van der Waals surface area (Å²) in [4.78, 5) is 30.1. The lowest BCUT2D eigenvalue weighted by Crippen LogP contribution is -2.31. The quantitative estimate of drug-likeness (QED) is 0.678. The maximum absolute atomic E-state index is 13.0. The minimum absolute atomic E-state index is 0.135. The van der Waals surface area contributed by atoms with Crippen LogP contribution in [0, 0.1) is 5.92 Å². The molecule has 3 heterocycles. The van der Waals surface area contributed by atoms with E-state index in [2.05, 4.69) is 15.4 Å². The number of nitrogens with one attached hydrogen (secondary N) is 1. The van der Waals surface area contributed by atoms with Gasteiger partial charge in [0.2, 0.25) is 5.43 Å². The van der Waals surface area contributed by atoms with Crippen LogP contribution in [0.2, 0.25) is 5.02 Å². The number of aryl methyl sites for hydroxylation is 1. The number of ether oxygens (including phenoxy) is 1. The number of carbonyl (C=O) groups excluding carboxylic acids is 1. The van der Waals surface area contributed by atoms with Gasteiger partial charge in [-0.05, 0) is 54.5 Å². The average molecular weight is 427 g/mol. The Morgan fingerprint density at radius 3 is 2.70 bits per heavy atom. The number of rotatable bonds is 5. The number of fused-ring (bicyclic) bond motifs is 1. The maximum Gasteiger partial charge on any atom is 0.276 e. The van der Waals surface area contributed by atoms with E-state index in [0.29, 0.717) is 22.0 Å². The van der Waals surface area contributed by atoms with Crippen LogP contribution in [0.5, 0.6) is 0 Å². The van der Waals surface area contributed by atoms with Crippen molar-refractivity contribution in [2.24, 2.45) is 13.0 Å². The van der Waals surface area contributed by atoms with Gasteiger partial charge in [-0.15, -0.1) is 0 Å². The Kier molecular flexibility index (Phi) is 6.11. The summed E-state index contributed by atoms with van der Waals surface area (Å²) in [6.07, 6.45) is 4.64. The van der Waals surface area contributed by atoms with Crippen LogP contribution in [0.3, 0.4) is 0 Å². The minimum atomic E-state index is -0.512. The van der Waals surface area contributed by atoms with Gasteiger partial charge in [-0.2, -0.15) is 5.10 Å². The number of benzene rings is 1. The predicted molar refractivity (Wildman–Crippen MR) is 115 cm³/mol. The van der Waals surface area contributed by atoms with Gasteiger partial charge in [0.15, 0.2) is 11.3 Å². The minimum Gasteiger partial charge on any atom is -0.381 e. The van der Waals surface area contributed by atoms with Crippen molar-refractivity contribution in [2.45, 2.75) is 25.8 Å². The van der Waals surface area contributed by atoms with E-state index in [0.717, 1.165) is 43.6 Å². The number of nitrogens with zero attached hydrogens (tertiary/aromatic N) is 3. The van der Waals surface area contributed by atoms with Crippen LogP contribution in [-0.4, -0.2) is 33.9 Å². The SMILES string of the molecule is Cn1nc(C(=O)NCc2ccc(Cl)cc2)c(=O)c2cc(CC3CCOCC3)cnc21. The van der Waals surface area contributed by atoms with Gasteiger partial charge < -0.3 is 10.1 Å². The van der Waals surface area contributed by atoms with Gasteiger partial charge in [0.05, 0.1) is 5.39 Å². The van der Waals surface area contributed by atoms with Crippen LogP contribution in [0.25, 0.3) is 11.0 Å². The number of amides is 1. The lowest BCUT2D eigenvalue weighted by molar-refractivity contribution is 0.0665. The molecule has 8 heteroatoms. The highest BCUT2D eigenvalue weighted by Gasteiger charge is 2.19. The van der Waals surface area contributed by atoms with Crippen LogP contribution < -0.4 is 10.7 Å². The first-order valence-corrected chi connectivity index (χ1v) is 10.4. The highest BCUT2D eigenvalue weighted by atomic mass is 35.5. The molecular formula is C22H23ClN4O3. The summed E-state index contributed by atoms with van der Waals surface area (Å²) in [5, 5.41) is 7.96. The maximum atomic E-state index is 13.0. The number of aromatic nitrogens is 3. The van der Waals surface area contributed by atoms with Crippen LogP contribution in [0.15, 0.2) is 41.3 Å². The molecule has 1 aromatic carbocycles. The van der Waals surface area contributed by atoms with Gasteiger partial charge in [-0.3, -0.25) is 9.59 Å². The van der Waals surface area contributed by atoms with E-state index in [4.69, 9.17) is 16.3 Å². The molecule has 1 amide bonds. The van der Waals surface area contributed by atoms with Crippen molar-refractivity contribution >= 4 is 28.5 Å². The molecule has 30 heavy (non-hydrogen) atoms. The Labute approximate surface area is 179 Å². The fourth-order valence-electron chi connectivity index (χ4n) is 3.71. The van der Waals surface area contributed by atoms with Crippen molar-refractivity contribution in [2.75, 3.05) is 13.2 Å². The second kappa shape index (κ2) is 8.93. The number of pyridine rings is 1. The van der Waals surface area contributed by atoms with Crippen LogP contribution >= 0.6 is 11.6 Å². The van der Waals surface area contributed by atoms with Crippen molar-refractivity contribution in [3.05, 3.63) is 68.6 Å². The first kappa shape index (κ1) is 20.5. The van der Waals surface area contributed by atoms with Gasteiger partial charge in [0.25, 0.3) is 5.91 Å². The molecule has 0 unspecified atom stereocenters. The molecule has 0 bridgehead atoms. The molecule has 0 spiro atoms. The summed E-state index contributed by atoms with van der Waals surface area (Å²) in [5.41, 5.74) is 1.79. The van der Waals surface area contributed by atoms with E-state index in [1.165, 1.54) is 4.68 Å².